The van der Waals surface area contributed by atoms with Crippen LogP contribution in [-0.2, 0) is 4.79 Å². The standard InChI is InChI=1S/C22H26N6OS/c23-13-16-11-21(18-3-1-2-4-19(18)25-16)27-7-5-26(6-8-27)17-12-20(24-14-17)22(29)28-9-10-30-15-28/h1-4,11,17,20,24H,5-10,12,14-15H2/t17-,20-/m0/s1. The number of hydrogen-bond donors (Lipinski definition) is 1. The van der Waals surface area contributed by atoms with Crippen LogP contribution in [0.4, 0.5) is 5.69 Å². The van der Waals surface area contributed by atoms with E-state index >= 15 is 0 Å². The Morgan fingerprint density at radius 3 is 2.80 bits per heavy atom. The first-order valence-corrected chi connectivity index (χ1v) is 11.8. The number of hydrogen-bond acceptors (Lipinski definition) is 7. The van der Waals surface area contributed by atoms with Crippen LogP contribution in [0, 0.1) is 11.3 Å². The van der Waals surface area contributed by atoms with Gasteiger partial charge >= 0.3 is 0 Å². The predicted octanol–water partition coefficient (Wildman–Crippen LogP) is 1.49. The van der Waals surface area contributed by atoms with Crippen LogP contribution in [0.3, 0.4) is 0 Å². The highest BCUT2D eigenvalue weighted by molar-refractivity contribution is 7.99. The molecule has 1 amide bonds. The Kier molecular flexibility index (Phi) is 5.50. The Hall–Kier alpha value is -2.34. The number of thioether (sulfide) groups is 1. The first-order valence-electron chi connectivity index (χ1n) is 10.6. The van der Waals surface area contributed by atoms with Crippen LogP contribution in [0.1, 0.15) is 12.1 Å². The zero-order valence-electron chi connectivity index (χ0n) is 17.0. The van der Waals surface area contributed by atoms with Crippen molar-refractivity contribution < 1.29 is 4.79 Å². The molecular formula is C22H26N6OS. The number of aromatic nitrogens is 1. The van der Waals surface area contributed by atoms with Crippen molar-refractivity contribution in [3.63, 3.8) is 0 Å². The Morgan fingerprint density at radius 1 is 1.20 bits per heavy atom. The molecule has 0 aliphatic carbocycles. The zero-order valence-corrected chi connectivity index (χ0v) is 17.8. The van der Waals surface area contributed by atoms with Crippen LogP contribution in [0.15, 0.2) is 30.3 Å². The van der Waals surface area contributed by atoms with E-state index < -0.39 is 0 Å². The van der Waals surface area contributed by atoms with Crippen molar-refractivity contribution in [1.82, 2.24) is 20.1 Å². The van der Waals surface area contributed by atoms with Crippen molar-refractivity contribution in [1.29, 1.82) is 5.26 Å². The summed E-state index contributed by atoms with van der Waals surface area (Å²) in [5.74, 6) is 2.17. The summed E-state index contributed by atoms with van der Waals surface area (Å²) in [5.41, 5.74) is 2.43. The topological polar surface area (TPSA) is 75.5 Å². The number of nitrogens with zero attached hydrogens (tertiary/aromatic N) is 5. The number of carbonyl (C=O) groups excluding carboxylic acids is 1. The van der Waals surface area contributed by atoms with Crippen molar-refractivity contribution in [2.24, 2.45) is 0 Å². The molecule has 3 aliphatic heterocycles. The molecule has 0 radical (unpaired) electrons. The van der Waals surface area contributed by atoms with Gasteiger partial charge < -0.3 is 15.1 Å². The molecule has 5 rings (SSSR count). The number of carbonyl (C=O) groups is 1. The van der Waals surface area contributed by atoms with E-state index in [1.54, 1.807) is 0 Å². The predicted molar refractivity (Wildman–Crippen MR) is 119 cm³/mol. The Balaban J connectivity index is 1.24. The van der Waals surface area contributed by atoms with E-state index in [-0.39, 0.29) is 11.9 Å². The summed E-state index contributed by atoms with van der Waals surface area (Å²) in [4.78, 5) is 24.0. The van der Waals surface area contributed by atoms with Crippen molar-refractivity contribution in [2.75, 3.05) is 55.8 Å². The van der Waals surface area contributed by atoms with Gasteiger partial charge in [-0.1, -0.05) is 18.2 Å². The molecule has 4 heterocycles. The van der Waals surface area contributed by atoms with Crippen molar-refractivity contribution >= 4 is 34.3 Å². The fourth-order valence-electron chi connectivity index (χ4n) is 4.80. The number of pyridine rings is 1. The van der Waals surface area contributed by atoms with Crippen LogP contribution in [-0.4, -0.2) is 83.7 Å². The molecule has 1 aromatic heterocycles. The molecule has 3 aliphatic rings. The lowest BCUT2D eigenvalue weighted by molar-refractivity contribution is -0.131. The number of rotatable bonds is 3. The third kappa shape index (κ3) is 3.73. The minimum Gasteiger partial charge on any atom is -0.368 e. The quantitative estimate of drug-likeness (QED) is 0.803. The molecule has 3 fully saturated rings. The first-order chi connectivity index (χ1) is 14.7. The SMILES string of the molecule is N#Cc1cc(N2CCN([C@@H]3CN[C@H](C(=O)N4CCSC4)C3)CC2)c2ccccc2n1. The number of fused-ring (bicyclic) bond motifs is 1. The Morgan fingerprint density at radius 2 is 2.03 bits per heavy atom. The summed E-state index contributed by atoms with van der Waals surface area (Å²) in [6.45, 7) is 5.52. The van der Waals surface area contributed by atoms with Gasteiger partial charge in [0.15, 0.2) is 0 Å². The van der Waals surface area contributed by atoms with E-state index in [0.717, 1.165) is 73.9 Å². The molecule has 0 bridgehead atoms. The lowest BCUT2D eigenvalue weighted by atomic mass is 10.1. The van der Waals surface area contributed by atoms with Gasteiger partial charge in [-0.25, -0.2) is 4.98 Å². The molecule has 2 atom stereocenters. The van der Waals surface area contributed by atoms with Gasteiger partial charge in [-0.3, -0.25) is 9.69 Å². The number of para-hydroxylation sites is 1. The molecule has 1 N–H and O–H groups in total. The number of nitrogens with one attached hydrogen (secondary N) is 1. The van der Waals surface area contributed by atoms with Crippen LogP contribution in [0.2, 0.25) is 0 Å². The summed E-state index contributed by atoms with van der Waals surface area (Å²) in [7, 11) is 0. The highest BCUT2D eigenvalue weighted by Gasteiger charge is 2.36. The Bertz CT molecular complexity index is 977. The van der Waals surface area contributed by atoms with E-state index in [9.17, 15) is 10.1 Å². The van der Waals surface area contributed by atoms with E-state index in [4.69, 9.17) is 0 Å². The van der Waals surface area contributed by atoms with Crippen molar-refractivity contribution in [3.05, 3.63) is 36.0 Å². The van der Waals surface area contributed by atoms with E-state index in [1.807, 2.05) is 40.9 Å². The fourth-order valence-corrected chi connectivity index (χ4v) is 5.75. The maximum Gasteiger partial charge on any atom is 0.240 e. The summed E-state index contributed by atoms with van der Waals surface area (Å²) in [6.07, 6.45) is 0.900. The minimum absolute atomic E-state index is 0.0333. The molecule has 30 heavy (non-hydrogen) atoms. The monoisotopic (exact) mass is 422 g/mol. The minimum atomic E-state index is -0.0333. The van der Waals surface area contributed by atoms with Gasteiger partial charge in [0, 0.05) is 62.1 Å². The lowest BCUT2D eigenvalue weighted by Gasteiger charge is -2.39. The van der Waals surface area contributed by atoms with Gasteiger partial charge in [0.25, 0.3) is 0 Å². The molecule has 8 heteroatoms. The average Bonchev–Trinajstić information content (AvgIpc) is 3.51. The van der Waals surface area contributed by atoms with Crippen molar-refractivity contribution in [3.8, 4) is 6.07 Å². The number of nitriles is 1. The summed E-state index contributed by atoms with van der Waals surface area (Å²) in [6, 6.07) is 12.5. The summed E-state index contributed by atoms with van der Waals surface area (Å²) >= 11 is 1.84. The molecule has 2 aromatic rings. The van der Waals surface area contributed by atoms with E-state index in [1.165, 1.54) is 0 Å². The molecule has 3 saturated heterocycles. The van der Waals surface area contributed by atoms with Gasteiger partial charge in [0.05, 0.1) is 17.4 Å². The highest BCUT2D eigenvalue weighted by Crippen LogP contribution is 2.28. The number of benzene rings is 1. The molecule has 156 valence electrons. The second-order valence-electron chi connectivity index (χ2n) is 8.17. The van der Waals surface area contributed by atoms with E-state index in [0.29, 0.717) is 11.7 Å². The number of piperazine rings is 1. The number of amides is 1. The van der Waals surface area contributed by atoms with Gasteiger partial charge in [-0.15, -0.1) is 11.8 Å². The van der Waals surface area contributed by atoms with Gasteiger partial charge in [-0.2, -0.15) is 5.26 Å². The second-order valence-corrected chi connectivity index (χ2v) is 9.24. The lowest BCUT2D eigenvalue weighted by Crippen LogP contribution is -2.51. The zero-order chi connectivity index (χ0) is 20.5. The third-order valence-electron chi connectivity index (χ3n) is 6.45. The Labute approximate surface area is 181 Å². The van der Waals surface area contributed by atoms with E-state index in [2.05, 4.69) is 32.2 Å². The summed E-state index contributed by atoms with van der Waals surface area (Å²) in [5, 5.41) is 13.9. The normalized spacial score (nSPS) is 25.0. The third-order valence-corrected chi connectivity index (χ3v) is 7.42. The summed E-state index contributed by atoms with van der Waals surface area (Å²) < 4.78 is 0. The largest absolute Gasteiger partial charge is 0.368 e. The smallest absolute Gasteiger partial charge is 0.240 e. The van der Waals surface area contributed by atoms with Gasteiger partial charge in [0.2, 0.25) is 5.91 Å². The second kappa shape index (κ2) is 8.42. The average molecular weight is 423 g/mol. The molecule has 7 nitrogen and oxygen atoms in total. The van der Waals surface area contributed by atoms with Crippen LogP contribution < -0.4 is 10.2 Å². The molecule has 1 aromatic carbocycles. The van der Waals surface area contributed by atoms with Crippen LogP contribution in [0.5, 0.6) is 0 Å². The molecule has 0 spiro atoms. The fraction of sp³-hybridized carbons (Fsp3) is 0.500. The molecule has 0 unspecified atom stereocenters. The van der Waals surface area contributed by atoms with Crippen molar-refractivity contribution in [2.45, 2.75) is 18.5 Å². The van der Waals surface area contributed by atoms with Crippen LogP contribution >= 0.6 is 11.8 Å². The highest BCUT2D eigenvalue weighted by atomic mass is 32.2. The first kappa shape index (κ1) is 19.6. The van der Waals surface area contributed by atoms with Crippen LogP contribution in [0.25, 0.3) is 10.9 Å². The van der Waals surface area contributed by atoms with Gasteiger partial charge in [0.1, 0.15) is 11.8 Å². The molecule has 0 saturated carbocycles. The van der Waals surface area contributed by atoms with Gasteiger partial charge in [-0.05, 0) is 18.6 Å². The maximum atomic E-state index is 12.7. The maximum absolute atomic E-state index is 12.7. The number of anilines is 1. The molecular weight excluding hydrogens is 396 g/mol.